The van der Waals surface area contributed by atoms with Crippen LogP contribution < -0.4 is 15.6 Å². The number of carbonyl (C=O) groups is 2. The minimum atomic E-state index is -0.488. The highest BCUT2D eigenvalue weighted by Crippen LogP contribution is 2.40. The van der Waals surface area contributed by atoms with Crippen LogP contribution in [-0.4, -0.2) is 25.6 Å². The van der Waals surface area contributed by atoms with Crippen LogP contribution in [0, 0.1) is 5.82 Å². The van der Waals surface area contributed by atoms with Crippen molar-refractivity contribution in [1.29, 1.82) is 0 Å². The number of benzene rings is 2. The third-order valence-electron chi connectivity index (χ3n) is 6.14. The van der Waals surface area contributed by atoms with Gasteiger partial charge in [0.05, 0.1) is 19.3 Å². The Labute approximate surface area is 216 Å². The number of hydrogen-bond acceptors (Lipinski definition) is 7. The van der Waals surface area contributed by atoms with Gasteiger partial charge >= 0.3 is 5.97 Å². The van der Waals surface area contributed by atoms with Crippen molar-refractivity contribution in [2.45, 2.75) is 32.6 Å². The first kappa shape index (κ1) is 24.7. The number of hydrogen-bond donors (Lipinski definition) is 1. The van der Waals surface area contributed by atoms with Crippen molar-refractivity contribution in [2.24, 2.45) is 4.99 Å². The van der Waals surface area contributed by atoms with Crippen LogP contribution in [0.15, 0.2) is 57.9 Å². The minimum Gasteiger partial charge on any atom is -0.497 e. The third-order valence-corrected chi connectivity index (χ3v) is 7.32. The molecule has 2 aromatic carbocycles. The molecule has 0 unspecified atom stereocenters. The molecular weight excluding hydrogens is 495 g/mol. The fourth-order valence-corrected chi connectivity index (χ4v) is 5.59. The number of fused-ring (bicyclic) bond motifs is 2. The van der Waals surface area contributed by atoms with E-state index in [0.29, 0.717) is 33.0 Å². The molecule has 0 atom stereocenters. The van der Waals surface area contributed by atoms with Gasteiger partial charge in [0.2, 0.25) is 5.55 Å². The summed E-state index contributed by atoms with van der Waals surface area (Å²) in [5, 5.41) is 3.86. The van der Waals surface area contributed by atoms with Crippen LogP contribution in [0.2, 0.25) is 0 Å². The van der Waals surface area contributed by atoms with Crippen LogP contribution in [0.25, 0.3) is 11.0 Å². The molecule has 0 aliphatic heterocycles. The highest BCUT2D eigenvalue weighted by molar-refractivity contribution is 7.16. The predicted molar refractivity (Wildman–Crippen MR) is 139 cm³/mol. The number of rotatable bonds is 6. The first-order valence-electron chi connectivity index (χ1n) is 12.0. The van der Waals surface area contributed by atoms with Crippen molar-refractivity contribution in [3.05, 3.63) is 81.5 Å². The number of halogens is 1. The summed E-state index contributed by atoms with van der Waals surface area (Å²) in [6.07, 6.45) is 3.68. The number of ether oxygens (including phenoxy) is 2. The summed E-state index contributed by atoms with van der Waals surface area (Å²) in [6, 6.07) is 12.4. The summed E-state index contributed by atoms with van der Waals surface area (Å²) in [4.78, 5) is 32.1. The predicted octanol–water partition coefficient (Wildman–Crippen LogP) is 6.18. The standard InChI is InChI=1S/C28H25FN2O5S/c1-3-35-28(33)24-20-6-4-5-7-23(20)37-27(24)31-26-21(25(32)30-18-10-8-17(29)9-11-18)15-16-14-19(34-2)12-13-22(16)36-26/h8-15H,3-7H2,1-2H3,(H,30,32). The number of aryl methyl sites for hydroxylation is 1. The molecule has 0 saturated heterocycles. The molecule has 2 heterocycles. The van der Waals surface area contributed by atoms with E-state index < -0.39 is 17.7 Å². The van der Waals surface area contributed by atoms with E-state index in [1.54, 1.807) is 38.3 Å². The van der Waals surface area contributed by atoms with Gasteiger partial charge in [0.1, 0.15) is 27.7 Å². The topological polar surface area (TPSA) is 90.1 Å². The fourth-order valence-electron chi connectivity index (χ4n) is 4.35. The number of methoxy groups -OCH3 is 1. The Morgan fingerprint density at radius 2 is 1.89 bits per heavy atom. The Morgan fingerprint density at radius 3 is 2.65 bits per heavy atom. The Balaban J connectivity index is 1.68. The Bertz CT molecular complexity index is 1560. The van der Waals surface area contributed by atoms with Gasteiger partial charge < -0.3 is 19.2 Å². The van der Waals surface area contributed by atoms with Gasteiger partial charge in [-0.3, -0.25) is 4.79 Å². The number of carbonyl (C=O) groups excluding carboxylic acids is 2. The maximum atomic E-state index is 13.4. The number of thiophene rings is 1. The van der Waals surface area contributed by atoms with E-state index in [-0.39, 0.29) is 17.7 Å². The molecular formula is C28H25FN2O5S. The Morgan fingerprint density at radius 1 is 1.11 bits per heavy atom. The van der Waals surface area contributed by atoms with Gasteiger partial charge in [-0.25, -0.2) is 14.2 Å². The van der Waals surface area contributed by atoms with Gasteiger partial charge in [0.25, 0.3) is 5.91 Å². The maximum Gasteiger partial charge on any atom is 0.341 e. The van der Waals surface area contributed by atoms with Crippen LogP contribution in [0.1, 0.15) is 50.9 Å². The van der Waals surface area contributed by atoms with Crippen molar-refractivity contribution >= 4 is 44.9 Å². The molecule has 7 nitrogen and oxygen atoms in total. The normalized spacial score (nSPS) is 13.3. The molecule has 37 heavy (non-hydrogen) atoms. The van der Waals surface area contributed by atoms with E-state index in [2.05, 4.69) is 5.32 Å². The zero-order valence-corrected chi connectivity index (χ0v) is 21.2. The second kappa shape index (κ2) is 10.6. The van der Waals surface area contributed by atoms with Gasteiger partial charge in [0.15, 0.2) is 0 Å². The molecule has 9 heteroatoms. The monoisotopic (exact) mass is 520 g/mol. The highest BCUT2D eigenvalue weighted by atomic mass is 32.1. The number of amides is 1. The van der Waals surface area contributed by atoms with Gasteiger partial charge in [-0.15, -0.1) is 11.3 Å². The van der Waals surface area contributed by atoms with Gasteiger partial charge in [-0.05, 0) is 86.7 Å². The summed E-state index contributed by atoms with van der Waals surface area (Å²) in [7, 11) is 1.56. The van der Waals surface area contributed by atoms with Crippen molar-refractivity contribution in [3.63, 3.8) is 0 Å². The third kappa shape index (κ3) is 5.13. The average molecular weight is 521 g/mol. The molecule has 0 bridgehead atoms. The summed E-state index contributed by atoms with van der Waals surface area (Å²) in [5.41, 5.74) is 2.54. The molecule has 0 radical (unpaired) electrons. The minimum absolute atomic E-state index is 0.0569. The fraction of sp³-hybridized carbons (Fsp3) is 0.250. The first-order chi connectivity index (χ1) is 18.0. The quantitative estimate of drug-likeness (QED) is 0.307. The van der Waals surface area contributed by atoms with Crippen LogP contribution in [0.4, 0.5) is 15.1 Å². The molecule has 5 rings (SSSR count). The van der Waals surface area contributed by atoms with Crippen LogP contribution >= 0.6 is 11.3 Å². The molecule has 1 N–H and O–H groups in total. The summed E-state index contributed by atoms with van der Waals surface area (Å²) in [6.45, 7) is 2.01. The number of esters is 1. The largest absolute Gasteiger partial charge is 0.497 e. The summed E-state index contributed by atoms with van der Waals surface area (Å²) < 4.78 is 30.1. The molecule has 190 valence electrons. The first-order valence-corrected chi connectivity index (χ1v) is 12.8. The second-order valence-electron chi connectivity index (χ2n) is 8.55. The van der Waals surface area contributed by atoms with E-state index in [0.717, 1.165) is 36.1 Å². The van der Waals surface area contributed by atoms with Gasteiger partial charge in [-0.2, -0.15) is 0 Å². The molecule has 1 amide bonds. The number of nitrogens with zero attached hydrogens (tertiary/aromatic N) is 1. The SMILES string of the molecule is CCOC(=O)c1c(N=c2oc3ccc(OC)cc3cc2C(=O)Nc2ccc(F)cc2)sc2c1CCCC2. The smallest absolute Gasteiger partial charge is 0.341 e. The zero-order valence-electron chi connectivity index (χ0n) is 20.4. The summed E-state index contributed by atoms with van der Waals surface area (Å²) >= 11 is 1.43. The lowest BCUT2D eigenvalue weighted by molar-refractivity contribution is 0.0526. The van der Waals surface area contributed by atoms with E-state index in [1.165, 1.54) is 35.6 Å². The molecule has 1 aliphatic rings. The highest BCUT2D eigenvalue weighted by Gasteiger charge is 2.27. The lowest BCUT2D eigenvalue weighted by atomic mass is 9.95. The summed E-state index contributed by atoms with van der Waals surface area (Å²) in [5.74, 6) is -0.719. The van der Waals surface area contributed by atoms with Crippen LogP contribution in [0.5, 0.6) is 5.75 Å². The lowest BCUT2D eigenvalue weighted by Crippen LogP contribution is -2.21. The number of anilines is 1. The van der Waals surface area contributed by atoms with Crippen molar-refractivity contribution < 1.29 is 27.9 Å². The lowest BCUT2D eigenvalue weighted by Gasteiger charge is -2.11. The van der Waals surface area contributed by atoms with Crippen molar-refractivity contribution in [1.82, 2.24) is 0 Å². The van der Waals surface area contributed by atoms with E-state index in [1.807, 2.05) is 0 Å². The van der Waals surface area contributed by atoms with E-state index >= 15 is 0 Å². The van der Waals surface area contributed by atoms with Crippen molar-refractivity contribution in [3.8, 4) is 5.75 Å². The van der Waals surface area contributed by atoms with Crippen LogP contribution in [-0.2, 0) is 17.6 Å². The molecule has 0 saturated carbocycles. The van der Waals surface area contributed by atoms with Crippen LogP contribution in [0.3, 0.4) is 0 Å². The molecule has 0 spiro atoms. The number of nitrogens with one attached hydrogen (secondary N) is 1. The van der Waals surface area contributed by atoms with Gasteiger partial charge in [0, 0.05) is 16.0 Å². The van der Waals surface area contributed by atoms with Gasteiger partial charge in [-0.1, -0.05) is 0 Å². The Kier molecular flexibility index (Phi) is 7.05. The molecule has 0 fully saturated rings. The molecule has 4 aromatic rings. The molecule has 1 aliphatic carbocycles. The zero-order chi connectivity index (χ0) is 25.9. The van der Waals surface area contributed by atoms with E-state index in [4.69, 9.17) is 18.9 Å². The van der Waals surface area contributed by atoms with Crippen molar-refractivity contribution in [2.75, 3.05) is 19.0 Å². The Hall–Kier alpha value is -3.98. The van der Waals surface area contributed by atoms with E-state index in [9.17, 15) is 14.0 Å². The average Bonchev–Trinajstić information content (AvgIpc) is 3.27. The maximum absolute atomic E-state index is 13.4. The second-order valence-corrected chi connectivity index (χ2v) is 9.64. The molecule has 2 aromatic heterocycles.